The van der Waals surface area contributed by atoms with Crippen LogP contribution in [0.4, 0.5) is 5.69 Å². The fraction of sp³-hybridized carbons (Fsp3) is 0.400. The van der Waals surface area contributed by atoms with Crippen molar-refractivity contribution in [1.29, 1.82) is 0 Å². The van der Waals surface area contributed by atoms with Crippen LogP contribution < -0.4 is 9.62 Å². The highest BCUT2D eigenvalue weighted by atomic mass is 32.2. The molecule has 0 saturated carbocycles. The van der Waals surface area contributed by atoms with Gasteiger partial charge in [0.15, 0.2) is 0 Å². The zero-order valence-corrected chi connectivity index (χ0v) is 10.2. The highest BCUT2D eigenvalue weighted by Crippen LogP contribution is 2.19. The third-order valence-corrected chi connectivity index (χ3v) is 4.01. The van der Waals surface area contributed by atoms with E-state index < -0.39 is 10.0 Å². The Kier molecular flexibility index (Phi) is 4.14. The molecule has 0 atom stereocenters. The maximum absolute atomic E-state index is 11.8. The summed E-state index contributed by atoms with van der Waals surface area (Å²) in [5.41, 5.74) is 0.536. The predicted octanol–water partition coefficient (Wildman–Crippen LogP) is 0.378. The standard InChI is InChI=1S/C10H16N2O3S/c1-11-7-8-16(14,15)12(2)9-3-5-10(13)6-4-9/h3-6,11,13H,7-8H2,1-2H3. The Morgan fingerprint density at radius 1 is 1.31 bits per heavy atom. The number of phenols is 1. The van der Waals surface area contributed by atoms with Gasteiger partial charge >= 0.3 is 0 Å². The average molecular weight is 244 g/mol. The van der Waals surface area contributed by atoms with Crippen LogP contribution in [-0.2, 0) is 10.0 Å². The van der Waals surface area contributed by atoms with E-state index in [0.29, 0.717) is 12.2 Å². The number of hydrogen-bond donors (Lipinski definition) is 2. The Hall–Kier alpha value is -1.27. The summed E-state index contributed by atoms with van der Waals surface area (Å²) in [4.78, 5) is 0. The number of benzene rings is 1. The van der Waals surface area contributed by atoms with E-state index in [1.165, 1.54) is 23.5 Å². The maximum Gasteiger partial charge on any atom is 0.236 e. The summed E-state index contributed by atoms with van der Waals surface area (Å²) in [7, 11) is -0.0973. The normalized spacial score (nSPS) is 11.4. The molecule has 0 aliphatic rings. The third kappa shape index (κ3) is 3.11. The van der Waals surface area contributed by atoms with Crippen molar-refractivity contribution in [3.05, 3.63) is 24.3 Å². The molecule has 0 spiro atoms. The number of aromatic hydroxyl groups is 1. The first-order valence-electron chi connectivity index (χ1n) is 4.87. The zero-order valence-electron chi connectivity index (χ0n) is 9.34. The van der Waals surface area contributed by atoms with E-state index in [1.54, 1.807) is 19.2 Å². The SMILES string of the molecule is CNCCS(=O)(=O)N(C)c1ccc(O)cc1. The molecule has 0 unspecified atom stereocenters. The highest BCUT2D eigenvalue weighted by Gasteiger charge is 2.17. The summed E-state index contributed by atoms with van der Waals surface area (Å²) in [6.45, 7) is 0.407. The minimum atomic E-state index is -3.30. The maximum atomic E-state index is 11.8. The highest BCUT2D eigenvalue weighted by molar-refractivity contribution is 7.92. The van der Waals surface area contributed by atoms with E-state index in [-0.39, 0.29) is 11.5 Å². The number of nitrogens with zero attached hydrogens (tertiary/aromatic N) is 1. The minimum absolute atomic E-state index is 0.0425. The first-order chi connectivity index (χ1) is 7.47. The first kappa shape index (κ1) is 12.8. The minimum Gasteiger partial charge on any atom is -0.508 e. The summed E-state index contributed by atoms with van der Waals surface area (Å²) in [5, 5.41) is 11.9. The molecule has 2 N–H and O–H groups in total. The fourth-order valence-electron chi connectivity index (χ4n) is 1.19. The Bertz CT molecular complexity index is 428. The molecule has 1 aromatic carbocycles. The van der Waals surface area contributed by atoms with Crippen LogP contribution in [0.3, 0.4) is 0 Å². The van der Waals surface area contributed by atoms with Crippen molar-refractivity contribution in [1.82, 2.24) is 5.32 Å². The van der Waals surface area contributed by atoms with Crippen LogP contribution in [0.25, 0.3) is 0 Å². The molecule has 1 aromatic rings. The van der Waals surface area contributed by atoms with Crippen molar-refractivity contribution in [2.24, 2.45) is 0 Å². The Balaban J connectivity index is 2.84. The lowest BCUT2D eigenvalue weighted by Gasteiger charge is -2.19. The molecule has 1 rings (SSSR count). The monoisotopic (exact) mass is 244 g/mol. The largest absolute Gasteiger partial charge is 0.508 e. The second-order valence-corrected chi connectivity index (χ2v) is 5.52. The van der Waals surface area contributed by atoms with Gasteiger partial charge in [0.05, 0.1) is 11.4 Å². The molecule has 0 fully saturated rings. The average Bonchev–Trinajstić information content (AvgIpc) is 2.26. The van der Waals surface area contributed by atoms with Gasteiger partial charge in [0.25, 0.3) is 0 Å². The van der Waals surface area contributed by atoms with Crippen LogP contribution in [0.15, 0.2) is 24.3 Å². The topological polar surface area (TPSA) is 69.6 Å². The lowest BCUT2D eigenvalue weighted by Crippen LogP contribution is -2.32. The van der Waals surface area contributed by atoms with E-state index in [1.807, 2.05) is 0 Å². The first-order valence-corrected chi connectivity index (χ1v) is 6.48. The van der Waals surface area contributed by atoms with Crippen molar-refractivity contribution >= 4 is 15.7 Å². The van der Waals surface area contributed by atoms with Gasteiger partial charge in [-0.1, -0.05) is 0 Å². The van der Waals surface area contributed by atoms with E-state index in [0.717, 1.165) is 0 Å². The van der Waals surface area contributed by atoms with Crippen molar-refractivity contribution in [2.45, 2.75) is 0 Å². The second kappa shape index (κ2) is 5.18. The predicted molar refractivity (Wildman–Crippen MR) is 64.2 cm³/mol. The Morgan fingerprint density at radius 3 is 2.38 bits per heavy atom. The lowest BCUT2D eigenvalue weighted by molar-refractivity contribution is 0.475. The van der Waals surface area contributed by atoms with Crippen molar-refractivity contribution in [3.63, 3.8) is 0 Å². The van der Waals surface area contributed by atoms with Crippen molar-refractivity contribution in [3.8, 4) is 5.75 Å². The van der Waals surface area contributed by atoms with E-state index >= 15 is 0 Å². The number of sulfonamides is 1. The van der Waals surface area contributed by atoms with E-state index in [4.69, 9.17) is 5.11 Å². The number of nitrogens with one attached hydrogen (secondary N) is 1. The zero-order chi connectivity index (χ0) is 12.2. The Morgan fingerprint density at radius 2 is 1.88 bits per heavy atom. The number of hydrogen-bond acceptors (Lipinski definition) is 4. The van der Waals surface area contributed by atoms with Crippen molar-refractivity contribution in [2.75, 3.05) is 30.7 Å². The van der Waals surface area contributed by atoms with Crippen LogP contribution in [0.1, 0.15) is 0 Å². The number of rotatable bonds is 5. The van der Waals surface area contributed by atoms with Crippen LogP contribution in [-0.4, -0.2) is 39.9 Å². The lowest BCUT2D eigenvalue weighted by atomic mass is 10.3. The van der Waals surface area contributed by atoms with Crippen LogP contribution in [0.5, 0.6) is 5.75 Å². The third-order valence-electron chi connectivity index (χ3n) is 2.24. The Labute approximate surface area is 95.8 Å². The molecular formula is C10H16N2O3S. The summed E-state index contributed by atoms with van der Waals surface area (Å²) >= 11 is 0. The van der Waals surface area contributed by atoms with Crippen LogP contribution >= 0.6 is 0 Å². The molecule has 0 bridgehead atoms. The summed E-state index contributed by atoms with van der Waals surface area (Å²) in [5.74, 6) is 0.158. The van der Waals surface area contributed by atoms with E-state index in [9.17, 15) is 8.42 Å². The molecule has 0 aliphatic carbocycles. The summed E-state index contributed by atoms with van der Waals surface area (Å²) in [6.07, 6.45) is 0. The van der Waals surface area contributed by atoms with Gasteiger partial charge in [0, 0.05) is 13.6 Å². The molecular weight excluding hydrogens is 228 g/mol. The number of phenolic OH excluding ortho intramolecular Hbond substituents is 1. The molecule has 0 saturated heterocycles. The quantitative estimate of drug-likeness (QED) is 0.785. The van der Waals surface area contributed by atoms with Gasteiger partial charge in [-0.25, -0.2) is 8.42 Å². The van der Waals surface area contributed by atoms with Gasteiger partial charge in [0.2, 0.25) is 10.0 Å². The molecule has 0 amide bonds. The van der Waals surface area contributed by atoms with Gasteiger partial charge in [-0.3, -0.25) is 4.31 Å². The van der Waals surface area contributed by atoms with Crippen LogP contribution in [0.2, 0.25) is 0 Å². The molecule has 0 radical (unpaired) electrons. The van der Waals surface area contributed by atoms with Gasteiger partial charge in [-0.15, -0.1) is 0 Å². The smallest absolute Gasteiger partial charge is 0.236 e. The molecule has 16 heavy (non-hydrogen) atoms. The van der Waals surface area contributed by atoms with Gasteiger partial charge in [-0.2, -0.15) is 0 Å². The van der Waals surface area contributed by atoms with Gasteiger partial charge in [-0.05, 0) is 31.3 Å². The van der Waals surface area contributed by atoms with Crippen LogP contribution in [0, 0.1) is 0 Å². The van der Waals surface area contributed by atoms with Gasteiger partial charge in [0.1, 0.15) is 5.75 Å². The molecule has 0 aliphatic heterocycles. The molecule has 5 nitrogen and oxygen atoms in total. The fourth-order valence-corrected chi connectivity index (χ4v) is 2.37. The number of anilines is 1. The van der Waals surface area contributed by atoms with Crippen molar-refractivity contribution < 1.29 is 13.5 Å². The molecule has 0 aromatic heterocycles. The van der Waals surface area contributed by atoms with Gasteiger partial charge < -0.3 is 10.4 Å². The summed E-state index contributed by atoms with van der Waals surface area (Å²) < 4.78 is 24.8. The summed E-state index contributed by atoms with van der Waals surface area (Å²) in [6, 6.07) is 6.04. The molecule has 90 valence electrons. The van der Waals surface area contributed by atoms with E-state index in [2.05, 4.69) is 5.32 Å². The molecule has 6 heteroatoms. The second-order valence-electron chi connectivity index (χ2n) is 3.40. The molecule has 0 heterocycles.